The van der Waals surface area contributed by atoms with E-state index in [0.29, 0.717) is 19.4 Å². The van der Waals surface area contributed by atoms with Crippen molar-refractivity contribution in [3.8, 4) is 0 Å². The Balaban J connectivity index is 2.60. The van der Waals surface area contributed by atoms with E-state index in [1.807, 2.05) is 0 Å². The van der Waals surface area contributed by atoms with Gasteiger partial charge in [-0.25, -0.2) is 10.5 Å². The number of carbonyl (C=O) groups excluding carboxylic acids is 2. The molecule has 1 saturated heterocycles. The highest BCUT2D eigenvalue weighted by Gasteiger charge is 2.24. The molecule has 0 aromatic heterocycles. The third-order valence-corrected chi connectivity index (χ3v) is 1.32. The number of nitrogens with zero attached hydrogens (tertiary/aromatic N) is 1. The number of hydrogen-bond acceptors (Lipinski definition) is 2. The Hall–Kier alpha value is -1.06. The van der Waals surface area contributed by atoms with Crippen molar-refractivity contribution in [2.24, 2.45) is 0 Å². The first kappa shape index (κ1) is 6.07. The lowest BCUT2D eigenvalue weighted by molar-refractivity contribution is -0.125. The predicted molar refractivity (Wildman–Crippen MR) is 29.4 cm³/mol. The quantitative estimate of drug-likeness (QED) is 0.460. The summed E-state index contributed by atoms with van der Waals surface area (Å²) in [5.74, 6) is -0.213. The van der Waals surface area contributed by atoms with Crippen LogP contribution in [-0.2, 0) is 4.79 Å². The van der Waals surface area contributed by atoms with Crippen molar-refractivity contribution in [3.63, 3.8) is 0 Å². The molecule has 9 heavy (non-hydrogen) atoms. The number of rotatable bonds is 0. The topological polar surface area (TPSA) is 61.2 Å². The van der Waals surface area contributed by atoms with E-state index in [1.165, 1.54) is 0 Å². The molecule has 1 aliphatic rings. The van der Waals surface area contributed by atoms with Crippen molar-refractivity contribution in [1.29, 1.82) is 0 Å². The Morgan fingerprint density at radius 3 is 2.56 bits per heavy atom. The molecule has 0 spiro atoms. The van der Waals surface area contributed by atoms with Gasteiger partial charge in [-0.15, -0.1) is 0 Å². The van der Waals surface area contributed by atoms with Crippen LogP contribution in [0.1, 0.15) is 12.8 Å². The van der Waals surface area contributed by atoms with Gasteiger partial charge < -0.3 is 0 Å². The van der Waals surface area contributed by atoms with Crippen LogP contribution in [-0.4, -0.2) is 23.4 Å². The number of imide groups is 1. The zero-order chi connectivity index (χ0) is 6.85. The van der Waals surface area contributed by atoms with Crippen molar-refractivity contribution in [1.82, 2.24) is 10.6 Å². The maximum Gasteiger partial charge on any atom is 0.342 e. The van der Waals surface area contributed by atoms with Crippen molar-refractivity contribution in [2.45, 2.75) is 12.8 Å². The molecular weight excluding hydrogens is 120 g/mol. The minimum absolute atomic E-state index is 0.213. The van der Waals surface area contributed by atoms with E-state index < -0.39 is 6.03 Å². The van der Waals surface area contributed by atoms with Crippen molar-refractivity contribution >= 4 is 11.9 Å². The van der Waals surface area contributed by atoms with E-state index in [-0.39, 0.29) is 5.91 Å². The van der Waals surface area contributed by atoms with Gasteiger partial charge >= 0.3 is 6.03 Å². The monoisotopic (exact) mass is 127 g/mol. The molecule has 0 saturated carbocycles. The number of urea groups is 1. The summed E-state index contributed by atoms with van der Waals surface area (Å²) < 4.78 is 0. The van der Waals surface area contributed by atoms with E-state index in [2.05, 4.69) is 0 Å². The highest BCUT2D eigenvalue weighted by molar-refractivity contribution is 5.94. The molecule has 0 aromatic rings. The molecule has 4 heteroatoms. The van der Waals surface area contributed by atoms with Crippen molar-refractivity contribution < 1.29 is 9.59 Å². The standard InChI is InChI=1S/C5H7N2O2/c6-5(9)7-3-1-2-4(7)8/h6H,1-3H2. The number of likely N-dealkylation sites (tertiary alicyclic amines) is 1. The lowest BCUT2D eigenvalue weighted by atomic mass is 10.4. The van der Waals surface area contributed by atoms with Gasteiger partial charge in [-0.2, -0.15) is 0 Å². The lowest BCUT2D eigenvalue weighted by Crippen LogP contribution is -2.31. The Morgan fingerprint density at radius 1 is 1.67 bits per heavy atom. The first-order chi connectivity index (χ1) is 4.22. The highest BCUT2D eigenvalue weighted by Crippen LogP contribution is 2.08. The van der Waals surface area contributed by atoms with Gasteiger partial charge in [-0.3, -0.25) is 9.69 Å². The smallest absolute Gasteiger partial charge is 0.274 e. The van der Waals surface area contributed by atoms with E-state index in [4.69, 9.17) is 5.73 Å². The molecule has 3 amide bonds. The molecule has 0 atom stereocenters. The summed E-state index contributed by atoms with van der Waals surface area (Å²) in [7, 11) is 0. The molecule has 0 unspecified atom stereocenters. The van der Waals surface area contributed by atoms with Gasteiger partial charge in [0, 0.05) is 13.0 Å². The predicted octanol–water partition coefficient (Wildman–Crippen LogP) is 0.0117. The Kier molecular flexibility index (Phi) is 1.38. The molecule has 0 aromatic carbocycles. The van der Waals surface area contributed by atoms with Crippen LogP contribution in [0.25, 0.3) is 0 Å². The number of carbonyl (C=O) groups is 2. The van der Waals surface area contributed by atoms with Crippen LogP contribution in [0, 0.1) is 0 Å². The Morgan fingerprint density at radius 2 is 2.33 bits per heavy atom. The van der Waals surface area contributed by atoms with Gasteiger partial charge in [0.25, 0.3) is 0 Å². The summed E-state index contributed by atoms with van der Waals surface area (Å²) >= 11 is 0. The zero-order valence-corrected chi connectivity index (χ0v) is 4.89. The summed E-state index contributed by atoms with van der Waals surface area (Å²) in [6, 6.07) is -0.877. The van der Waals surface area contributed by atoms with E-state index in [0.717, 1.165) is 4.90 Å². The minimum Gasteiger partial charge on any atom is -0.274 e. The summed E-state index contributed by atoms with van der Waals surface area (Å²) in [4.78, 5) is 21.8. The van der Waals surface area contributed by atoms with E-state index >= 15 is 0 Å². The maximum atomic E-state index is 10.6. The van der Waals surface area contributed by atoms with Crippen LogP contribution >= 0.6 is 0 Å². The summed E-state index contributed by atoms with van der Waals surface area (Å²) in [5.41, 5.74) is 6.57. The van der Waals surface area contributed by atoms with Crippen LogP contribution in [0.15, 0.2) is 0 Å². The average molecular weight is 127 g/mol. The lowest BCUT2D eigenvalue weighted by Gasteiger charge is -2.06. The normalized spacial score (nSPS) is 18.7. The average Bonchev–Trinajstić information content (AvgIpc) is 2.13. The first-order valence-corrected chi connectivity index (χ1v) is 2.78. The third kappa shape index (κ3) is 1.01. The molecule has 1 radical (unpaired) electrons. The number of nitrogens with one attached hydrogen (secondary N) is 1. The second kappa shape index (κ2) is 2.05. The molecule has 1 heterocycles. The molecule has 0 aliphatic carbocycles. The van der Waals surface area contributed by atoms with Crippen LogP contribution in [0.2, 0.25) is 0 Å². The number of hydrogen-bond donors (Lipinski definition) is 0. The van der Waals surface area contributed by atoms with Crippen molar-refractivity contribution in [3.05, 3.63) is 0 Å². The second-order valence-corrected chi connectivity index (χ2v) is 1.95. The highest BCUT2D eigenvalue weighted by atomic mass is 16.2. The van der Waals surface area contributed by atoms with Gasteiger partial charge in [0.15, 0.2) is 0 Å². The van der Waals surface area contributed by atoms with Gasteiger partial charge in [0.1, 0.15) is 0 Å². The molecule has 1 N–H and O–H groups in total. The van der Waals surface area contributed by atoms with Gasteiger partial charge in [0.05, 0.1) is 0 Å². The zero-order valence-electron chi connectivity index (χ0n) is 4.89. The molecule has 1 aliphatic heterocycles. The molecular formula is C5H7N2O2. The molecule has 4 nitrogen and oxygen atoms in total. The summed E-state index contributed by atoms with van der Waals surface area (Å²) in [6.07, 6.45) is 1.13. The molecule has 1 fully saturated rings. The third-order valence-electron chi connectivity index (χ3n) is 1.32. The molecule has 0 bridgehead atoms. The van der Waals surface area contributed by atoms with Gasteiger partial charge in [-0.1, -0.05) is 0 Å². The SMILES string of the molecule is [NH]C(=O)N1CCCC1=O. The Bertz CT molecular complexity index is 155. The Labute approximate surface area is 52.6 Å². The number of amides is 3. The van der Waals surface area contributed by atoms with E-state index in [1.54, 1.807) is 0 Å². The largest absolute Gasteiger partial charge is 0.342 e. The van der Waals surface area contributed by atoms with Crippen LogP contribution < -0.4 is 5.73 Å². The van der Waals surface area contributed by atoms with Crippen molar-refractivity contribution in [2.75, 3.05) is 6.54 Å². The fourth-order valence-electron chi connectivity index (χ4n) is 0.863. The van der Waals surface area contributed by atoms with E-state index in [9.17, 15) is 9.59 Å². The summed E-state index contributed by atoms with van der Waals surface area (Å²) in [5, 5.41) is 0. The minimum atomic E-state index is -0.877. The van der Waals surface area contributed by atoms with Crippen LogP contribution in [0.5, 0.6) is 0 Å². The van der Waals surface area contributed by atoms with Gasteiger partial charge in [0.2, 0.25) is 5.91 Å². The fourth-order valence-corrected chi connectivity index (χ4v) is 0.863. The first-order valence-electron chi connectivity index (χ1n) is 2.78. The summed E-state index contributed by atoms with van der Waals surface area (Å²) in [6.45, 7) is 0.432. The molecule has 49 valence electrons. The fraction of sp³-hybridized carbons (Fsp3) is 0.600. The second-order valence-electron chi connectivity index (χ2n) is 1.95. The van der Waals surface area contributed by atoms with Gasteiger partial charge in [-0.05, 0) is 6.42 Å². The van der Waals surface area contributed by atoms with Crippen LogP contribution in [0.4, 0.5) is 4.79 Å². The van der Waals surface area contributed by atoms with Crippen LogP contribution in [0.3, 0.4) is 0 Å². The molecule has 1 rings (SSSR count). The maximum absolute atomic E-state index is 10.6.